The van der Waals surface area contributed by atoms with Crippen molar-refractivity contribution in [1.29, 1.82) is 0 Å². The summed E-state index contributed by atoms with van der Waals surface area (Å²) in [6.45, 7) is 0. The molecule has 1 fully saturated rings. The van der Waals surface area contributed by atoms with Crippen LogP contribution in [0.2, 0.25) is 0 Å². The molecular formula is C9H16S. The molecule has 10 heavy (non-hydrogen) atoms. The smallest absolute Gasteiger partial charge is 0.00357 e. The fourth-order valence-electron chi connectivity index (χ4n) is 0.946. The molecule has 0 amide bonds. The van der Waals surface area contributed by atoms with E-state index >= 15 is 0 Å². The molecule has 0 aromatic carbocycles. The Morgan fingerprint density at radius 2 is 2.20 bits per heavy atom. The van der Waals surface area contributed by atoms with Gasteiger partial charge in [-0.2, -0.15) is 11.8 Å². The lowest BCUT2D eigenvalue weighted by molar-refractivity contribution is 0.859. The molecular weight excluding hydrogens is 140 g/mol. The highest BCUT2D eigenvalue weighted by Crippen LogP contribution is 2.32. The molecule has 0 atom stereocenters. The zero-order valence-corrected chi connectivity index (χ0v) is 7.49. The summed E-state index contributed by atoms with van der Waals surface area (Å²) in [5.74, 6) is 2.34. The van der Waals surface area contributed by atoms with Crippen molar-refractivity contribution >= 4 is 11.8 Å². The Morgan fingerprint density at radius 3 is 2.80 bits per heavy atom. The first-order valence-electron chi connectivity index (χ1n) is 4.07. The number of hydrogen-bond donors (Lipinski definition) is 0. The van der Waals surface area contributed by atoms with Crippen LogP contribution in [-0.4, -0.2) is 12.0 Å². The molecule has 1 saturated carbocycles. The first kappa shape index (κ1) is 8.19. The van der Waals surface area contributed by atoms with Crippen LogP contribution in [0.1, 0.15) is 25.7 Å². The van der Waals surface area contributed by atoms with Crippen molar-refractivity contribution in [3.8, 4) is 0 Å². The zero-order chi connectivity index (χ0) is 7.23. The topological polar surface area (TPSA) is 0 Å². The maximum absolute atomic E-state index is 2.36. The van der Waals surface area contributed by atoms with E-state index in [0.717, 1.165) is 5.92 Å². The van der Waals surface area contributed by atoms with Crippen LogP contribution in [-0.2, 0) is 0 Å². The molecule has 1 aliphatic rings. The lowest BCUT2D eigenvalue weighted by Gasteiger charge is -1.88. The minimum absolute atomic E-state index is 1.06. The molecule has 1 heteroatoms. The lowest BCUT2D eigenvalue weighted by atomic mass is 10.2. The summed E-state index contributed by atoms with van der Waals surface area (Å²) in [7, 11) is 0. The molecule has 0 aliphatic heterocycles. The quantitative estimate of drug-likeness (QED) is 0.435. The molecule has 0 saturated heterocycles. The van der Waals surface area contributed by atoms with E-state index in [2.05, 4.69) is 18.4 Å². The van der Waals surface area contributed by atoms with Gasteiger partial charge in [-0.25, -0.2) is 0 Å². The minimum atomic E-state index is 1.06. The average molecular weight is 156 g/mol. The minimum Gasteiger partial charge on any atom is -0.165 e. The van der Waals surface area contributed by atoms with Gasteiger partial charge in [-0.1, -0.05) is 12.2 Å². The van der Waals surface area contributed by atoms with Crippen LogP contribution in [0.25, 0.3) is 0 Å². The van der Waals surface area contributed by atoms with E-state index in [1.807, 2.05) is 11.8 Å². The lowest BCUT2D eigenvalue weighted by Crippen LogP contribution is -1.73. The molecule has 0 nitrogen and oxygen atoms in total. The highest BCUT2D eigenvalue weighted by Gasteiger charge is 2.18. The number of hydrogen-bond acceptors (Lipinski definition) is 1. The highest BCUT2D eigenvalue weighted by molar-refractivity contribution is 7.98. The highest BCUT2D eigenvalue weighted by atomic mass is 32.2. The summed E-state index contributed by atoms with van der Waals surface area (Å²) in [5.41, 5.74) is 0. The SMILES string of the molecule is CSCCC=CCC1CC1. The molecule has 1 rings (SSSR count). The van der Waals surface area contributed by atoms with Gasteiger partial charge in [0, 0.05) is 0 Å². The molecule has 0 N–H and O–H groups in total. The van der Waals surface area contributed by atoms with Gasteiger partial charge in [0.15, 0.2) is 0 Å². The van der Waals surface area contributed by atoms with E-state index in [1.54, 1.807) is 0 Å². The maximum atomic E-state index is 2.36. The first-order chi connectivity index (χ1) is 4.93. The Balaban J connectivity index is 1.84. The van der Waals surface area contributed by atoms with E-state index < -0.39 is 0 Å². The normalized spacial score (nSPS) is 18.5. The standard InChI is InChI=1S/C9H16S/c1-10-8-4-2-3-5-9-6-7-9/h2-3,9H,4-8H2,1H3. The average Bonchev–Trinajstić information content (AvgIpc) is 2.71. The van der Waals surface area contributed by atoms with E-state index in [9.17, 15) is 0 Å². The molecule has 0 unspecified atom stereocenters. The van der Waals surface area contributed by atoms with Crippen LogP contribution in [0.15, 0.2) is 12.2 Å². The number of allylic oxidation sites excluding steroid dienone is 2. The summed E-state index contributed by atoms with van der Waals surface area (Å²) in [4.78, 5) is 0. The van der Waals surface area contributed by atoms with Gasteiger partial charge in [0.05, 0.1) is 0 Å². The van der Waals surface area contributed by atoms with Crippen molar-refractivity contribution in [2.75, 3.05) is 12.0 Å². The summed E-state index contributed by atoms with van der Waals surface area (Å²) in [6, 6.07) is 0. The maximum Gasteiger partial charge on any atom is -0.00357 e. The molecule has 0 heterocycles. The fraction of sp³-hybridized carbons (Fsp3) is 0.778. The molecule has 58 valence electrons. The van der Waals surface area contributed by atoms with Crippen LogP contribution in [0, 0.1) is 5.92 Å². The summed E-state index contributed by atoms with van der Waals surface area (Å²) in [6.07, 6.45) is 12.4. The Morgan fingerprint density at radius 1 is 1.40 bits per heavy atom. The molecule has 0 radical (unpaired) electrons. The van der Waals surface area contributed by atoms with Crippen LogP contribution in [0.4, 0.5) is 0 Å². The molecule has 0 bridgehead atoms. The van der Waals surface area contributed by atoms with E-state index in [0.29, 0.717) is 0 Å². The molecule has 0 aromatic rings. The Hall–Kier alpha value is 0.0900. The first-order valence-corrected chi connectivity index (χ1v) is 5.47. The van der Waals surface area contributed by atoms with Gasteiger partial charge in [0.25, 0.3) is 0 Å². The monoisotopic (exact) mass is 156 g/mol. The third kappa shape index (κ3) is 3.99. The number of thioether (sulfide) groups is 1. The van der Waals surface area contributed by atoms with Crippen molar-refractivity contribution in [2.45, 2.75) is 25.7 Å². The Kier molecular flexibility index (Phi) is 3.96. The van der Waals surface area contributed by atoms with Crippen LogP contribution < -0.4 is 0 Å². The van der Waals surface area contributed by atoms with Crippen LogP contribution in [0.5, 0.6) is 0 Å². The van der Waals surface area contributed by atoms with Gasteiger partial charge in [0.1, 0.15) is 0 Å². The summed E-state index contributed by atoms with van der Waals surface area (Å²) in [5, 5.41) is 0. The van der Waals surface area contributed by atoms with Gasteiger partial charge >= 0.3 is 0 Å². The van der Waals surface area contributed by atoms with Crippen molar-refractivity contribution in [1.82, 2.24) is 0 Å². The second-order valence-electron chi connectivity index (χ2n) is 2.93. The van der Waals surface area contributed by atoms with Gasteiger partial charge in [-0.15, -0.1) is 0 Å². The molecule has 1 aliphatic carbocycles. The predicted octanol–water partition coefficient (Wildman–Crippen LogP) is 3.10. The van der Waals surface area contributed by atoms with Crippen molar-refractivity contribution in [2.24, 2.45) is 5.92 Å². The third-order valence-corrected chi connectivity index (χ3v) is 2.47. The largest absolute Gasteiger partial charge is 0.165 e. The second-order valence-corrected chi connectivity index (χ2v) is 3.92. The molecule has 0 aromatic heterocycles. The van der Waals surface area contributed by atoms with Crippen LogP contribution >= 0.6 is 11.8 Å². The molecule has 0 spiro atoms. The predicted molar refractivity (Wildman–Crippen MR) is 49.5 cm³/mol. The fourth-order valence-corrected chi connectivity index (χ4v) is 1.32. The van der Waals surface area contributed by atoms with E-state index in [-0.39, 0.29) is 0 Å². The second kappa shape index (κ2) is 4.84. The zero-order valence-electron chi connectivity index (χ0n) is 6.68. The summed E-state index contributed by atoms with van der Waals surface area (Å²) >= 11 is 1.92. The van der Waals surface area contributed by atoms with Crippen molar-refractivity contribution in [3.63, 3.8) is 0 Å². The third-order valence-electron chi connectivity index (χ3n) is 1.82. The number of rotatable bonds is 5. The Bertz CT molecular complexity index is 103. The van der Waals surface area contributed by atoms with E-state index in [4.69, 9.17) is 0 Å². The van der Waals surface area contributed by atoms with Crippen molar-refractivity contribution in [3.05, 3.63) is 12.2 Å². The van der Waals surface area contributed by atoms with Crippen molar-refractivity contribution < 1.29 is 0 Å². The van der Waals surface area contributed by atoms with Gasteiger partial charge in [-0.3, -0.25) is 0 Å². The van der Waals surface area contributed by atoms with Gasteiger partial charge in [-0.05, 0) is 43.6 Å². The van der Waals surface area contributed by atoms with Gasteiger partial charge in [0.2, 0.25) is 0 Å². The Labute approximate surface area is 68.1 Å². The summed E-state index contributed by atoms with van der Waals surface area (Å²) < 4.78 is 0. The van der Waals surface area contributed by atoms with Gasteiger partial charge < -0.3 is 0 Å². The van der Waals surface area contributed by atoms with Crippen LogP contribution in [0.3, 0.4) is 0 Å². The van der Waals surface area contributed by atoms with E-state index in [1.165, 1.54) is 31.4 Å².